The zero-order chi connectivity index (χ0) is 14.8. The fourth-order valence-electron chi connectivity index (χ4n) is 1.90. The Morgan fingerprint density at radius 2 is 2.29 bits per heavy atom. The van der Waals surface area contributed by atoms with Crippen molar-refractivity contribution in [3.8, 4) is 0 Å². The quantitative estimate of drug-likeness (QED) is 0.380. The topological polar surface area (TPSA) is 34.9 Å². The molecule has 3 rings (SSSR count). The Morgan fingerprint density at radius 1 is 1.43 bits per heavy atom. The number of fused-ring (bicyclic) bond motifs is 1. The molecule has 0 bridgehead atoms. The van der Waals surface area contributed by atoms with Crippen LogP contribution in [0.1, 0.15) is 4.88 Å². The average Bonchev–Trinajstić information content (AvgIpc) is 3.09. The lowest BCUT2D eigenvalue weighted by Crippen LogP contribution is -2.22. The monoisotopic (exact) mass is 354 g/mol. The van der Waals surface area contributed by atoms with Crippen LogP contribution in [0.15, 0.2) is 46.2 Å². The lowest BCUT2D eigenvalue weighted by Gasteiger charge is -2.09. The summed E-state index contributed by atoms with van der Waals surface area (Å²) < 4.78 is 2.44. The number of thiophene rings is 2. The van der Waals surface area contributed by atoms with Gasteiger partial charge in [-0.25, -0.2) is 4.98 Å². The van der Waals surface area contributed by atoms with Gasteiger partial charge in [-0.3, -0.25) is 9.36 Å². The molecule has 0 amide bonds. The third-order valence-electron chi connectivity index (χ3n) is 2.83. The number of hydrogen-bond donors (Lipinski definition) is 0. The molecule has 0 aromatic carbocycles. The zero-order valence-electron chi connectivity index (χ0n) is 10.9. The van der Waals surface area contributed by atoms with Crippen LogP contribution in [0.4, 0.5) is 0 Å². The van der Waals surface area contributed by atoms with Crippen LogP contribution in [0, 0.1) is 0 Å². The minimum absolute atomic E-state index is 0.00661. The third kappa shape index (κ3) is 3.08. The number of hydrogen-bond acceptors (Lipinski definition) is 5. The average molecular weight is 355 g/mol. The molecular formula is C14H11ClN2OS3. The summed E-state index contributed by atoms with van der Waals surface area (Å²) in [5.74, 6) is 0.748. The summed E-state index contributed by atoms with van der Waals surface area (Å²) in [6, 6.07) is 5.71. The van der Waals surface area contributed by atoms with Gasteiger partial charge in [-0.2, -0.15) is 0 Å². The van der Waals surface area contributed by atoms with E-state index in [0.717, 1.165) is 25.0 Å². The minimum Gasteiger partial charge on any atom is -0.283 e. The van der Waals surface area contributed by atoms with Gasteiger partial charge in [0.1, 0.15) is 4.83 Å². The second-order valence-electron chi connectivity index (χ2n) is 4.23. The Kier molecular flexibility index (Phi) is 4.49. The molecule has 108 valence electrons. The second-order valence-corrected chi connectivity index (χ2v) is 7.87. The van der Waals surface area contributed by atoms with Gasteiger partial charge >= 0.3 is 0 Å². The van der Waals surface area contributed by atoms with E-state index >= 15 is 0 Å². The van der Waals surface area contributed by atoms with E-state index in [-0.39, 0.29) is 5.56 Å². The lowest BCUT2D eigenvalue weighted by molar-refractivity contribution is 0.673. The Labute approximate surface area is 138 Å². The highest BCUT2D eigenvalue weighted by Crippen LogP contribution is 2.29. The van der Waals surface area contributed by atoms with Crippen molar-refractivity contribution in [2.45, 2.75) is 17.5 Å². The molecular weight excluding hydrogens is 344 g/mol. The largest absolute Gasteiger partial charge is 0.283 e. The highest BCUT2D eigenvalue weighted by molar-refractivity contribution is 7.98. The maximum Gasteiger partial charge on any atom is 0.263 e. The van der Waals surface area contributed by atoms with Gasteiger partial charge in [0, 0.05) is 17.2 Å². The zero-order valence-corrected chi connectivity index (χ0v) is 14.1. The van der Waals surface area contributed by atoms with Gasteiger partial charge in [-0.15, -0.1) is 29.3 Å². The van der Waals surface area contributed by atoms with E-state index in [9.17, 15) is 4.79 Å². The van der Waals surface area contributed by atoms with E-state index in [1.807, 2.05) is 23.6 Å². The molecule has 0 aliphatic rings. The number of allylic oxidation sites excluding steroid dienone is 1. The van der Waals surface area contributed by atoms with Crippen molar-refractivity contribution in [1.29, 1.82) is 0 Å². The molecule has 0 aliphatic heterocycles. The summed E-state index contributed by atoms with van der Waals surface area (Å²) in [5, 5.41) is 3.29. The SMILES string of the molecule is C=CCn1c(SCc2ccc(Cl)s2)nc2sccc2c1=O. The van der Waals surface area contributed by atoms with Crippen LogP contribution in [0.25, 0.3) is 10.2 Å². The maximum absolute atomic E-state index is 12.5. The normalized spacial score (nSPS) is 11.1. The molecule has 3 heterocycles. The molecule has 3 aromatic rings. The van der Waals surface area contributed by atoms with E-state index in [1.165, 1.54) is 11.3 Å². The van der Waals surface area contributed by atoms with Crippen molar-refractivity contribution in [1.82, 2.24) is 9.55 Å². The van der Waals surface area contributed by atoms with E-state index in [0.29, 0.717) is 11.9 Å². The van der Waals surface area contributed by atoms with Gasteiger partial charge in [0.2, 0.25) is 0 Å². The van der Waals surface area contributed by atoms with Crippen molar-refractivity contribution in [3.63, 3.8) is 0 Å². The van der Waals surface area contributed by atoms with Crippen molar-refractivity contribution >= 4 is 56.3 Å². The Hall–Kier alpha value is -1.08. The first-order valence-electron chi connectivity index (χ1n) is 6.15. The number of nitrogens with zero attached hydrogens (tertiary/aromatic N) is 2. The number of aromatic nitrogens is 2. The van der Waals surface area contributed by atoms with Gasteiger partial charge < -0.3 is 0 Å². The highest BCUT2D eigenvalue weighted by atomic mass is 35.5. The standard InChI is InChI=1S/C14H11ClN2OS3/c1-2-6-17-13(18)10-5-7-19-12(10)16-14(17)20-8-9-3-4-11(15)21-9/h2-5,7H,1,6,8H2. The number of rotatable bonds is 5. The fourth-order valence-corrected chi connectivity index (χ4v) is 4.84. The molecule has 0 unspecified atom stereocenters. The maximum atomic E-state index is 12.5. The summed E-state index contributed by atoms with van der Waals surface area (Å²) >= 11 is 10.5. The first kappa shape index (κ1) is 14.8. The van der Waals surface area contributed by atoms with Crippen LogP contribution >= 0.6 is 46.0 Å². The van der Waals surface area contributed by atoms with Crippen LogP contribution in [-0.2, 0) is 12.3 Å². The van der Waals surface area contributed by atoms with Crippen LogP contribution in [0.2, 0.25) is 4.34 Å². The van der Waals surface area contributed by atoms with Gasteiger partial charge in [0.25, 0.3) is 5.56 Å². The molecule has 0 radical (unpaired) electrons. The molecule has 0 saturated carbocycles. The summed E-state index contributed by atoms with van der Waals surface area (Å²) in [6.07, 6.45) is 1.72. The predicted octanol–water partition coefficient (Wildman–Crippen LogP) is 4.65. The second kappa shape index (κ2) is 6.36. The summed E-state index contributed by atoms with van der Waals surface area (Å²) in [5.41, 5.74) is -0.00661. The van der Waals surface area contributed by atoms with E-state index in [2.05, 4.69) is 11.6 Å². The van der Waals surface area contributed by atoms with E-state index in [1.54, 1.807) is 33.7 Å². The van der Waals surface area contributed by atoms with Crippen molar-refractivity contribution in [2.75, 3.05) is 0 Å². The van der Waals surface area contributed by atoms with Crippen molar-refractivity contribution in [2.24, 2.45) is 0 Å². The van der Waals surface area contributed by atoms with Crippen molar-refractivity contribution < 1.29 is 0 Å². The Morgan fingerprint density at radius 3 is 3.00 bits per heavy atom. The van der Waals surface area contributed by atoms with Crippen LogP contribution in [-0.4, -0.2) is 9.55 Å². The van der Waals surface area contributed by atoms with Crippen LogP contribution in [0.5, 0.6) is 0 Å². The molecule has 7 heteroatoms. The summed E-state index contributed by atoms with van der Waals surface area (Å²) in [6.45, 7) is 4.18. The molecule has 0 atom stereocenters. The van der Waals surface area contributed by atoms with E-state index in [4.69, 9.17) is 11.6 Å². The molecule has 0 aliphatic carbocycles. The van der Waals surface area contributed by atoms with Gasteiger partial charge in [-0.05, 0) is 23.6 Å². The predicted molar refractivity (Wildman–Crippen MR) is 93.0 cm³/mol. The Bertz CT molecular complexity index is 849. The van der Waals surface area contributed by atoms with Crippen molar-refractivity contribution in [3.05, 3.63) is 55.8 Å². The molecule has 21 heavy (non-hydrogen) atoms. The lowest BCUT2D eigenvalue weighted by atomic mass is 10.4. The van der Waals surface area contributed by atoms with E-state index < -0.39 is 0 Å². The Balaban J connectivity index is 1.97. The minimum atomic E-state index is -0.00661. The summed E-state index contributed by atoms with van der Waals surface area (Å²) in [7, 11) is 0. The highest BCUT2D eigenvalue weighted by Gasteiger charge is 2.12. The molecule has 3 aromatic heterocycles. The third-order valence-corrected chi connectivity index (χ3v) is 6.08. The molecule has 0 spiro atoms. The van der Waals surface area contributed by atoms with Crippen LogP contribution < -0.4 is 5.56 Å². The first-order valence-corrected chi connectivity index (χ1v) is 9.21. The first-order chi connectivity index (χ1) is 10.2. The number of thioether (sulfide) groups is 1. The molecule has 0 fully saturated rings. The van der Waals surface area contributed by atoms with Gasteiger partial charge in [-0.1, -0.05) is 29.4 Å². The molecule has 0 saturated heterocycles. The van der Waals surface area contributed by atoms with Gasteiger partial charge in [0.05, 0.1) is 9.72 Å². The molecule has 0 N–H and O–H groups in total. The van der Waals surface area contributed by atoms with Crippen LogP contribution in [0.3, 0.4) is 0 Å². The fraction of sp³-hybridized carbons (Fsp3) is 0.143. The molecule has 3 nitrogen and oxygen atoms in total. The summed E-state index contributed by atoms with van der Waals surface area (Å²) in [4.78, 5) is 19.0. The smallest absolute Gasteiger partial charge is 0.263 e. The number of halogens is 1. The van der Waals surface area contributed by atoms with Gasteiger partial charge in [0.15, 0.2) is 5.16 Å².